The first kappa shape index (κ1) is 66.6. The lowest BCUT2D eigenvalue weighted by atomic mass is 9.33. The molecule has 0 N–H and O–H groups in total. The quantitative estimate of drug-likeness (QED) is 0.114. The van der Waals surface area contributed by atoms with E-state index in [0.717, 1.165) is 178 Å². The number of benzene rings is 19. The van der Waals surface area contributed by atoms with Crippen LogP contribution in [0.15, 0.2) is 412 Å². The molecule has 2 aliphatic rings. The van der Waals surface area contributed by atoms with E-state index in [1.165, 1.54) is 0 Å². The van der Waals surface area contributed by atoms with Crippen LogP contribution in [0.3, 0.4) is 0 Å². The highest BCUT2D eigenvalue weighted by Gasteiger charge is 2.50. The van der Waals surface area contributed by atoms with Crippen LogP contribution in [0.25, 0.3) is 182 Å². The minimum absolute atomic E-state index is 0.0730. The van der Waals surface area contributed by atoms with Crippen LogP contribution in [0.1, 0.15) is 127 Å². The fraction of sp³-hybridized carbons (Fsp3) is 0.123. The molecule has 0 saturated carbocycles. The number of hydrogen-bond donors (Lipinski definition) is 0. The van der Waals surface area contributed by atoms with E-state index in [2.05, 4.69) is 376 Å². The maximum atomic E-state index is 10.4. The van der Waals surface area contributed by atoms with Crippen molar-refractivity contribution in [3.05, 3.63) is 434 Å². The number of para-hydroxylation sites is 4. The van der Waals surface area contributed by atoms with Gasteiger partial charge in [-0.3, -0.25) is 0 Å². The van der Waals surface area contributed by atoms with Crippen molar-refractivity contribution >= 4 is 139 Å². The normalized spacial score (nSPS) is 14.6. The largest absolute Gasteiger partial charge is 0.309 e. The van der Waals surface area contributed by atoms with E-state index in [1.54, 1.807) is 9.13 Å². The maximum Gasteiger partial charge on any atom is 0.252 e. The van der Waals surface area contributed by atoms with Gasteiger partial charge >= 0.3 is 0 Å². The molecular weight excluding hydrogens is 1640 g/mol. The predicted octanol–water partition coefficient (Wildman–Crippen LogP) is 33.6. The highest BCUT2D eigenvalue weighted by atomic mass is 15.2. The standard InChI is InChI=1S/C130H104BN5/c1-127(2,3)93-61-67-115-107(73-93)119-124-120(108-74-94(128(4,5)6)62-68-116(108)134(115)124)126-121-125(119)135(122-103(89-49-33-45-85(69-89)81-37-17-13-18-38-81)75-95(129(7,8)9)76-104(122)90-50-34-46-86(70-90)82-39-19-14-20-40-82)117-79-97(132-111-57-29-25-53-99(111)100-54-26-30-58-112(100)132)63-65-109(117)131(121)110-66-64-98(133-113-59-31-27-55-101(113)102-56-28-32-60-114(102)133)80-118(110)136(126)123-105(91-51-35-47-87(71-91)83-41-21-15-22-42-83)77-96(130(10,11)12)78-106(123)92-52-36-48-88(72-92)84-43-23-16-24-44-84/h13-80H,1-12H3/i25D,26D,27D,28D,29D,30D,31D,32D,53D,54D,55D,56D,57D,58D,59D,60D. The number of hydrogen-bond acceptors (Lipinski definition) is 2. The van der Waals surface area contributed by atoms with Crippen LogP contribution in [0.5, 0.6) is 0 Å². The smallest absolute Gasteiger partial charge is 0.252 e. The van der Waals surface area contributed by atoms with Gasteiger partial charge < -0.3 is 23.3 Å². The molecule has 0 aliphatic carbocycles. The van der Waals surface area contributed by atoms with Crippen LogP contribution in [-0.2, 0) is 21.7 Å². The summed E-state index contributed by atoms with van der Waals surface area (Å²) in [7, 11) is 0. The van der Waals surface area contributed by atoms with Gasteiger partial charge in [0.05, 0.1) is 83.3 Å². The second-order valence-electron chi connectivity index (χ2n) is 40.8. The molecule has 0 bridgehead atoms. The summed E-state index contributed by atoms with van der Waals surface area (Å²) in [5.41, 5.74) is 25.7. The summed E-state index contributed by atoms with van der Waals surface area (Å²) >= 11 is 0. The molecule has 652 valence electrons. The highest BCUT2D eigenvalue weighted by molar-refractivity contribution is 7.01. The lowest BCUT2D eigenvalue weighted by molar-refractivity contribution is 0.590. The van der Waals surface area contributed by atoms with Gasteiger partial charge in [0, 0.05) is 88.1 Å². The summed E-state index contributed by atoms with van der Waals surface area (Å²) in [5.74, 6) is 0. The minimum atomic E-state index is -0.965. The van der Waals surface area contributed by atoms with E-state index >= 15 is 0 Å². The molecule has 4 aromatic heterocycles. The number of anilines is 6. The molecule has 0 unspecified atom stereocenters. The first-order chi connectivity index (χ1) is 72.7. The van der Waals surface area contributed by atoms with Crippen LogP contribution in [0.4, 0.5) is 34.1 Å². The van der Waals surface area contributed by atoms with Gasteiger partial charge in [-0.2, -0.15) is 0 Å². The molecule has 0 amide bonds. The summed E-state index contributed by atoms with van der Waals surface area (Å²) in [6, 6.07) is 104. The zero-order valence-electron chi connectivity index (χ0n) is 93.8. The molecule has 0 saturated heterocycles. The average molecular weight is 1760 g/mol. The fourth-order valence-corrected chi connectivity index (χ4v) is 21.6. The maximum absolute atomic E-state index is 10.4. The van der Waals surface area contributed by atoms with Crippen LogP contribution in [-0.4, -0.2) is 20.2 Å². The summed E-state index contributed by atoms with van der Waals surface area (Å²) < 4.78 is 164. The Kier molecular flexibility index (Phi) is 15.1. The lowest BCUT2D eigenvalue weighted by Crippen LogP contribution is -2.61. The molecule has 6 heteroatoms. The highest BCUT2D eigenvalue weighted by Crippen LogP contribution is 2.61. The van der Waals surface area contributed by atoms with Gasteiger partial charge in [0.15, 0.2) is 0 Å². The number of rotatable bonds is 12. The molecule has 0 fully saturated rings. The Morgan fingerprint density at radius 1 is 0.228 bits per heavy atom. The van der Waals surface area contributed by atoms with Crippen LogP contribution in [0, 0.1) is 0 Å². The number of fused-ring (bicyclic) bond motifs is 18. The van der Waals surface area contributed by atoms with Crippen molar-refractivity contribution in [2.24, 2.45) is 0 Å². The second kappa shape index (κ2) is 30.9. The van der Waals surface area contributed by atoms with Gasteiger partial charge in [0.2, 0.25) is 0 Å². The second-order valence-corrected chi connectivity index (χ2v) is 40.8. The van der Waals surface area contributed by atoms with Gasteiger partial charge in [-0.25, -0.2) is 0 Å². The third-order valence-corrected chi connectivity index (χ3v) is 28.4. The lowest BCUT2D eigenvalue weighted by Gasteiger charge is -2.46. The molecule has 25 rings (SSSR count). The minimum Gasteiger partial charge on any atom is -0.309 e. The Hall–Kier alpha value is -15.8. The predicted molar refractivity (Wildman–Crippen MR) is 582 cm³/mol. The molecule has 0 radical (unpaired) electrons. The van der Waals surface area contributed by atoms with Crippen molar-refractivity contribution in [2.75, 3.05) is 9.80 Å². The van der Waals surface area contributed by atoms with E-state index in [1.807, 2.05) is 36.4 Å². The fourth-order valence-electron chi connectivity index (χ4n) is 21.6. The molecule has 136 heavy (non-hydrogen) atoms. The van der Waals surface area contributed by atoms with E-state index in [-0.39, 0.29) is 55.0 Å². The molecule has 5 nitrogen and oxygen atoms in total. The molecule has 6 heterocycles. The third-order valence-electron chi connectivity index (χ3n) is 28.4. The molecule has 0 spiro atoms. The van der Waals surface area contributed by atoms with Crippen molar-refractivity contribution in [3.63, 3.8) is 0 Å². The molecule has 19 aromatic carbocycles. The Bertz CT molecular complexity index is 8960. The van der Waals surface area contributed by atoms with Gasteiger partial charge in [-0.05, 0) is 248 Å². The van der Waals surface area contributed by atoms with Gasteiger partial charge in [0.25, 0.3) is 6.71 Å². The first-order valence-electron chi connectivity index (χ1n) is 54.9. The average Bonchev–Trinajstić information content (AvgIpc) is 1.52. The van der Waals surface area contributed by atoms with Gasteiger partial charge in [-0.15, -0.1) is 0 Å². The third kappa shape index (κ3) is 13.1. The molecule has 23 aromatic rings. The Morgan fingerprint density at radius 2 is 0.507 bits per heavy atom. The number of nitrogens with zero attached hydrogens (tertiary/aromatic N) is 5. The van der Waals surface area contributed by atoms with Crippen LogP contribution >= 0.6 is 0 Å². The Morgan fingerprint density at radius 3 is 0.801 bits per heavy atom. The van der Waals surface area contributed by atoms with Crippen molar-refractivity contribution in [3.8, 4) is 100 Å². The van der Waals surface area contributed by atoms with Crippen molar-refractivity contribution < 1.29 is 21.9 Å². The van der Waals surface area contributed by atoms with Crippen LogP contribution < -0.4 is 26.2 Å². The Balaban J connectivity index is 0.975. The summed E-state index contributed by atoms with van der Waals surface area (Å²) in [6.45, 7) is 26.0. The van der Waals surface area contributed by atoms with E-state index < -0.39 is 125 Å². The van der Waals surface area contributed by atoms with Crippen molar-refractivity contribution in [2.45, 2.75) is 105 Å². The topological polar surface area (TPSA) is 20.8 Å². The monoisotopic (exact) mass is 1760 g/mol. The van der Waals surface area contributed by atoms with E-state index in [4.69, 9.17) is 0 Å². The zero-order chi connectivity index (χ0) is 106. The van der Waals surface area contributed by atoms with Crippen molar-refractivity contribution in [1.29, 1.82) is 0 Å². The number of aromatic nitrogens is 3. The summed E-state index contributed by atoms with van der Waals surface area (Å²) in [6.07, 6.45) is 0. The zero-order valence-corrected chi connectivity index (χ0v) is 77.8. The van der Waals surface area contributed by atoms with Crippen LogP contribution in [0.2, 0.25) is 0 Å². The Labute approximate surface area is 819 Å². The first-order valence-corrected chi connectivity index (χ1v) is 46.9. The molecular formula is C130H104BN5. The van der Waals surface area contributed by atoms with E-state index in [0.29, 0.717) is 22.3 Å². The summed E-state index contributed by atoms with van der Waals surface area (Å²) in [4.78, 5) is 5.00. The summed E-state index contributed by atoms with van der Waals surface area (Å²) in [5, 5.41) is 3.20. The molecule has 2 aliphatic heterocycles. The van der Waals surface area contributed by atoms with E-state index in [9.17, 15) is 21.9 Å². The van der Waals surface area contributed by atoms with Crippen molar-refractivity contribution in [1.82, 2.24) is 13.5 Å². The SMILES string of the molecule is [2H]c1c([2H])c([2H])c2c(c1[2H])c1c([2H])c([2H])c([2H])c([2H])c1n2-c1ccc2c(c1)N(c1c(-c3cccc(-c4ccccc4)c3)cc(C(C)(C)C)cc1-c1cccc(-c3ccccc3)c1)c1c3c(c4c5cc(C(C)(C)C)ccc5n5c6ccc(C(C)(C)C)cc6c1c45)N(c1c(-c4cccc(-c5ccccc5)c4)cc(C(C)(C)C)cc1-c1cccc(-c4ccccc4)c1)c1cc(-n4c5c([2H])c([2H])c([2H])c([2H])c5c5c([2H])c([2H])c([2H])c([2H])c54)ccc1B23. The van der Waals surface area contributed by atoms with Gasteiger partial charge in [-0.1, -0.05) is 374 Å². The van der Waals surface area contributed by atoms with Gasteiger partial charge in [0.1, 0.15) is 0 Å². The molecule has 0 atom stereocenters.